The second-order valence-corrected chi connectivity index (χ2v) is 4.46. The average molecular weight is 193 g/mol. The maximum absolute atomic E-state index is 4.17. The largest absolute Gasteiger partial charge is 0.304 e. The molecule has 1 saturated carbocycles. The van der Waals surface area contributed by atoms with Crippen LogP contribution in [0.1, 0.15) is 32.0 Å². The molecule has 4 rings (SSSR count). The Kier molecular flexibility index (Phi) is 1.65. The van der Waals surface area contributed by atoms with Crippen molar-refractivity contribution in [1.82, 2.24) is 25.5 Å². The molecule has 2 bridgehead atoms. The third kappa shape index (κ3) is 0.958. The van der Waals surface area contributed by atoms with Crippen molar-refractivity contribution in [1.29, 1.82) is 0 Å². The number of rotatable bonds is 3. The van der Waals surface area contributed by atoms with Gasteiger partial charge in [0.05, 0.1) is 5.54 Å². The fourth-order valence-electron chi connectivity index (χ4n) is 2.73. The first kappa shape index (κ1) is 8.35. The molecule has 3 fully saturated rings. The van der Waals surface area contributed by atoms with E-state index in [2.05, 4.69) is 27.8 Å². The minimum absolute atomic E-state index is 0.128. The third-order valence-electron chi connectivity index (χ3n) is 3.40. The fraction of sp³-hybridized carbons (Fsp3) is 0.889. The van der Waals surface area contributed by atoms with Gasteiger partial charge in [-0.15, -0.1) is 5.10 Å². The van der Waals surface area contributed by atoms with Crippen molar-refractivity contribution in [3.8, 4) is 0 Å². The summed E-state index contributed by atoms with van der Waals surface area (Å²) < 4.78 is 1.95. The predicted octanol–water partition coefficient (Wildman–Crippen LogP) is 0.292. The monoisotopic (exact) mass is 193 g/mol. The van der Waals surface area contributed by atoms with Gasteiger partial charge in [0.25, 0.3) is 0 Å². The molecule has 0 spiro atoms. The maximum atomic E-state index is 4.17. The number of aromatic nitrogens is 4. The molecule has 1 aliphatic carbocycles. The highest BCUT2D eigenvalue weighted by molar-refractivity contribution is 5.17. The number of hydrogen-bond acceptors (Lipinski definition) is 4. The summed E-state index contributed by atoms with van der Waals surface area (Å²) in [4.78, 5) is 0. The van der Waals surface area contributed by atoms with E-state index in [1.54, 1.807) is 0 Å². The van der Waals surface area contributed by atoms with Crippen molar-refractivity contribution >= 4 is 0 Å². The van der Waals surface area contributed by atoms with Gasteiger partial charge in [-0.2, -0.15) is 0 Å². The van der Waals surface area contributed by atoms with E-state index in [0.717, 1.165) is 31.3 Å². The number of aryl methyl sites for hydroxylation is 1. The van der Waals surface area contributed by atoms with Crippen LogP contribution in [0.25, 0.3) is 0 Å². The Labute approximate surface area is 82.9 Å². The van der Waals surface area contributed by atoms with Gasteiger partial charge in [0, 0.05) is 6.54 Å². The van der Waals surface area contributed by atoms with Crippen LogP contribution in [-0.4, -0.2) is 26.8 Å². The lowest BCUT2D eigenvalue weighted by Gasteiger charge is -2.35. The van der Waals surface area contributed by atoms with Crippen LogP contribution in [0, 0.1) is 5.92 Å². The van der Waals surface area contributed by atoms with E-state index in [1.807, 2.05) is 4.68 Å². The van der Waals surface area contributed by atoms with Gasteiger partial charge < -0.3 is 5.32 Å². The summed E-state index contributed by atoms with van der Waals surface area (Å²) in [5.74, 6) is 1.91. The van der Waals surface area contributed by atoms with Gasteiger partial charge in [-0.25, -0.2) is 4.68 Å². The van der Waals surface area contributed by atoms with E-state index >= 15 is 0 Å². The molecule has 2 aliphatic heterocycles. The van der Waals surface area contributed by atoms with Gasteiger partial charge in [0.2, 0.25) is 0 Å². The molecule has 3 heterocycles. The van der Waals surface area contributed by atoms with Crippen molar-refractivity contribution in [2.45, 2.75) is 38.3 Å². The standard InChI is InChI=1S/C9H15N5/c1-2-3-14-8(11-12-13-14)9-4-7(5-9)6-10-9/h7,10H,2-6H2,1H3. The van der Waals surface area contributed by atoms with Crippen LogP contribution < -0.4 is 5.32 Å². The third-order valence-corrected chi connectivity index (χ3v) is 3.40. The van der Waals surface area contributed by atoms with Crippen molar-refractivity contribution in [3.05, 3.63) is 5.82 Å². The SMILES string of the molecule is CCCn1nnnc1C12CC(CN1)C2. The molecule has 0 unspecified atom stereocenters. The molecule has 0 radical (unpaired) electrons. The highest BCUT2D eigenvalue weighted by Crippen LogP contribution is 2.49. The van der Waals surface area contributed by atoms with Gasteiger partial charge in [-0.1, -0.05) is 6.92 Å². The first-order valence-corrected chi connectivity index (χ1v) is 5.36. The first-order chi connectivity index (χ1) is 6.84. The summed E-state index contributed by atoms with van der Waals surface area (Å²) in [6, 6.07) is 0. The zero-order valence-corrected chi connectivity index (χ0v) is 8.40. The van der Waals surface area contributed by atoms with Crippen molar-refractivity contribution in [2.75, 3.05) is 6.54 Å². The minimum atomic E-state index is 0.128. The van der Waals surface area contributed by atoms with Crippen LogP contribution in [0.3, 0.4) is 0 Å². The number of tetrazole rings is 1. The first-order valence-electron chi connectivity index (χ1n) is 5.36. The van der Waals surface area contributed by atoms with E-state index in [0.29, 0.717) is 0 Å². The van der Waals surface area contributed by atoms with E-state index in [4.69, 9.17) is 0 Å². The van der Waals surface area contributed by atoms with Crippen LogP contribution in [0.2, 0.25) is 0 Å². The Bertz CT molecular complexity index is 333. The van der Waals surface area contributed by atoms with E-state index in [9.17, 15) is 0 Å². The summed E-state index contributed by atoms with van der Waals surface area (Å²) in [5.41, 5.74) is 0.128. The summed E-state index contributed by atoms with van der Waals surface area (Å²) in [5, 5.41) is 15.5. The Morgan fingerprint density at radius 3 is 3.07 bits per heavy atom. The van der Waals surface area contributed by atoms with E-state index < -0.39 is 0 Å². The lowest BCUT2D eigenvalue weighted by atomic mass is 9.73. The summed E-state index contributed by atoms with van der Waals surface area (Å²) in [6.45, 7) is 4.21. The van der Waals surface area contributed by atoms with Crippen LogP contribution in [0.15, 0.2) is 0 Å². The van der Waals surface area contributed by atoms with Crippen LogP contribution in [-0.2, 0) is 12.1 Å². The van der Waals surface area contributed by atoms with Crippen molar-refractivity contribution in [3.63, 3.8) is 0 Å². The molecular weight excluding hydrogens is 178 g/mol. The second kappa shape index (κ2) is 2.76. The highest BCUT2D eigenvalue weighted by atomic mass is 15.6. The molecule has 2 saturated heterocycles. The molecule has 5 nitrogen and oxygen atoms in total. The van der Waals surface area contributed by atoms with Crippen LogP contribution in [0.4, 0.5) is 0 Å². The predicted molar refractivity (Wildman–Crippen MR) is 50.5 cm³/mol. The van der Waals surface area contributed by atoms with Crippen molar-refractivity contribution in [2.24, 2.45) is 5.92 Å². The molecule has 5 heteroatoms. The zero-order chi connectivity index (χ0) is 9.60. The molecule has 3 aliphatic rings. The summed E-state index contributed by atoms with van der Waals surface area (Å²) >= 11 is 0. The van der Waals surface area contributed by atoms with Crippen LogP contribution >= 0.6 is 0 Å². The van der Waals surface area contributed by atoms with Gasteiger partial charge >= 0.3 is 0 Å². The summed E-state index contributed by atoms with van der Waals surface area (Å²) in [7, 11) is 0. The molecule has 1 aromatic rings. The molecule has 76 valence electrons. The smallest absolute Gasteiger partial charge is 0.171 e. The minimum Gasteiger partial charge on any atom is -0.304 e. The van der Waals surface area contributed by atoms with Gasteiger partial charge in [0.15, 0.2) is 5.82 Å². The normalized spacial score (nSPS) is 34.5. The lowest BCUT2D eigenvalue weighted by molar-refractivity contribution is 0.205. The Morgan fingerprint density at radius 2 is 2.43 bits per heavy atom. The highest BCUT2D eigenvalue weighted by Gasteiger charge is 2.54. The fourth-order valence-corrected chi connectivity index (χ4v) is 2.73. The molecule has 0 atom stereocenters. The Morgan fingerprint density at radius 1 is 1.57 bits per heavy atom. The maximum Gasteiger partial charge on any atom is 0.171 e. The average Bonchev–Trinajstić information content (AvgIpc) is 2.72. The Balaban J connectivity index is 1.92. The number of hydrogen-bond donors (Lipinski definition) is 1. The summed E-state index contributed by atoms with van der Waals surface area (Å²) in [6.07, 6.45) is 3.52. The number of nitrogens with one attached hydrogen (secondary N) is 1. The van der Waals surface area contributed by atoms with Crippen molar-refractivity contribution < 1.29 is 0 Å². The van der Waals surface area contributed by atoms with Gasteiger partial charge in [-0.3, -0.25) is 0 Å². The number of nitrogens with zero attached hydrogens (tertiary/aromatic N) is 4. The number of fused-ring (bicyclic) bond motifs is 1. The second-order valence-electron chi connectivity index (χ2n) is 4.46. The van der Waals surface area contributed by atoms with E-state index in [-0.39, 0.29) is 5.54 Å². The molecule has 14 heavy (non-hydrogen) atoms. The molecule has 0 amide bonds. The molecule has 1 aromatic heterocycles. The Hall–Kier alpha value is -0.970. The topological polar surface area (TPSA) is 55.6 Å². The van der Waals surface area contributed by atoms with Gasteiger partial charge in [0.1, 0.15) is 0 Å². The van der Waals surface area contributed by atoms with Gasteiger partial charge in [-0.05, 0) is 42.2 Å². The van der Waals surface area contributed by atoms with Crippen LogP contribution in [0.5, 0.6) is 0 Å². The lowest BCUT2D eigenvalue weighted by Crippen LogP contribution is -2.42. The molecule has 0 aromatic carbocycles. The molecule has 1 N–H and O–H groups in total. The zero-order valence-electron chi connectivity index (χ0n) is 8.40. The molecular formula is C9H15N5. The quantitative estimate of drug-likeness (QED) is 0.749. The van der Waals surface area contributed by atoms with E-state index in [1.165, 1.54) is 12.8 Å².